The van der Waals surface area contributed by atoms with Gasteiger partial charge in [0.05, 0.1) is 5.60 Å². The van der Waals surface area contributed by atoms with Gasteiger partial charge in [-0.05, 0) is 61.7 Å². The standard InChI is InChI=1S/C15H26O/c1-13-6-4-5-11-9-15(3,16)14(2,8-7-13)12(11)10-13/h11-12,16H,4-10H2,1-3H3. The predicted octanol–water partition coefficient (Wildman–Crippen LogP) is 3.75. The van der Waals surface area contributed by atoms with Crippen LogP contribution in [0.25, 0.3) is 0 Å². The molecule has 16 heavy (non-hydrogen) atoms. The maximum absolute atomic E-state index is 10.7. The van der Waals surface area contributed by atoms with Gasteiger partial charge >= 0.3 is 0 Å². The SMILES string of the molecule is CC12CCCC3CC(C)(O)C(C)(CC1)C3C2. The zero-order chi connectivity index (χ0) is 11.6. The quantitative estimate of drug-likeness (QED) is 0.662. The molecule has 92 valence electrons. The van der Waals surface area contributed by atoms with Gasteiger partial charge in [0.15, 0.2) is 0 Å². The first kappa shape index (κ1) is 11.1. The molecule has 0 spiro atoms. The van der Waals surface area contributed by atoms with Gasteiger partial charge in [0.1, 0.15) is 0 Å². The number of fused-ring (bicyclic) bond motifs is 1. The van der Waals surface area contributed by atoms with Crippen LogP contribution < -0.4 is 0 Å². The van der Waals surface area contributed by atoms with Crippen molar-refractivity contribution in [3.8, 4) is 0 Å². The molecule has 0 aromatic carbocycles. The van der Waals surface area contributed by atoms with E-state index in [1.54, 1.807) is 0 Å². The lowest BCUT2D eigenvalue weighted by Crippen LogP contribution is -2.47. The van der Waals surface area contributed by atoms with E-state index in [4.69, 9.17) is 0 Å². The van der Waals surface area contributed by atoms with Crippen LogP contribution in [-0.4, -0.2) is 10.7 Å². The number of aliphatic hydroxyl groups is 1. The largest absolute Gasteiger partial charge is 0.390 e. The minimum Gasteiger partial charge on any atom is -0.390 e. The van der Waals surface area contributed by atoms with Crippen LogP contribution >= 0.6 is 0 Å². The molecule has 1 heteroatoms. The van der Waals surface area contributed by atoms with Crippen molar-refractivity contribution in [2.45, 2.75) is 71.3 Å². The summed E-state index contributed by atoms with van der Waals surface area (Å²) in [5.41, 5.74) is 0.405. The Morgan fingerprint density at radius 2 is 1.75 bits per heavy atom. The minimum absolute atomic E-state index is 0.210. The topological polar surface area (TPSA) is 20.2 Å². The molecule has 2 bridgehead atoms. The molecule has 0 saturated heterocycles. The molecule has 3 aliphatic carbocycles. The van der Waals surface area contributed by atoms with Crippen molar-refractivity contribution < 1.29 is 5.11 Å². The van der Waals surface area contributed by atoms with Gasteiger partial charge < -0.3 is 5.11 Å². The first-order valence-corrected chi connectivity index (χ1v) is 7.09. The number of rotatable bonds is 0. The van der Waals surface area contributed by atoms with Gasteiger partial charge in [-0.1, -0.05) is 26.7 Å². The van der Waals surface area contributed by atoms with Crippen molar-refractivity contribution in [2.24, 2.45) is 22.7 Å². The third-order valence-electron chi connectivity index (χ3n) is 6.59. The van der Waals surface area contributed by atoms with Crippen LogP contribution in [0.5, 0.6) is 0 Å². The fraction of sp³-hybridized carbons (Fsp3) is 1.00. The molecule has 3 rings (SSSR count). The maximum atomic E-state index is 10.7. The highest BCUT2D eigenvalue weighted by molar-refractivity contribution is 5.11. The van der Waals surface area contributed by atoms with E-state index in [-0.39, 0.29) is 5.41 Å². The fourth-order valence-electron chi connectivity index (χ4n) is 5.17. The van der Waals surface area contributed by atoms with Crippen LogP contribution in [0.3, 0.4) is 0 Å². The highest BCUT2D eigenvalue weighted by Gasteiger charge is 2.61. The van der Waals surface area contributed by atoms with Gasteiger partial charge in [0, 0.05) is 0 Å². The predicted molar refractivity (Wildman–Crippen MR) is 66.1 cm³/mol. The highest BCUT2D eigenvalue weighted by atomic mass is 16.3. The van der Waals surface area contributed by atoms with E-state index in [1.165, 1.54) is 38.5 Å². The van der Waals surface area contributed by atoms with E-state index >= 15 is 0 Å². The summed E-state index contributed by atoms with van der Waals surface area (Å²) in [5, 5.41) is 10.7. The minimum atomic E-state index is -0.402. The molecule has 0 radical (unpaired) electrons. The molecule has 5 atom stereocenters. The van der Waals surface area contributed by atoms with Gasteiger partial charge in [0.2, 0.25) is 0 Å². The summed E-state index contributed by atoms with van der Waals surface area (Å²) < 4.78 is 0. The van der Waals surface area contributed by atoms with Crippen LogP contribution in [0, 0.1) is 22.7 Å². The number of hydrogen-bond acceptors (Lipinski definition) is 1. The Morgan fingerprint density at radius 1 is 1.00 bits per heavy atom. The van der Waals surface area contributed by atoms with E-state index in [9.17, 15) is 5.11 Å². The zero-order valence-corrected chi connectivity index (χ0v) is 11.1. The molecule has 1 N–H and O–H groups in total. The molecule has 0 amide bonds. The molecule has 3 saturated carbocycles. The molecule has 0 aromatic heterocycles. The fourth-order valence-corrected chi connectivity index (χ4v) is 5.17. The normalized spacial score (nSPS) is 60.8. The van der Waals surface area contributed by atoms with Crippen LogP contribution in [0.1, 0.15) is 65.7 Å². The molecule has 0 aromatic rings. The second-order valence-corrected chi connectivity index (χ2v) is 7.67. The van der Waals surface area contributed by atoms with E-state index in [0.29, 0.717) is 5.41 Å². The van der Waals surface area contributed by atoms with Crippen molar-refractivity contribution in [1.29, 1.82) is 0 Å². The summed E-state index contributed by atoms with van der Waals surface area (Å²) in [5.74, 6) is 1.60. The van der Waals surface area contributed by atoms with Crippen molar-refractivity contribution in [1.82, 2.24) is 0 Å². The molecule has 3 aliphatic rings. The van der Waals surface area contributed by atoms with Crippen LogP contribution in [-0.2, 0) is 0 Å². The molecule has 1 nitrogen and oxygen atoms in total. The third kappa shape index (κ3) is 1.27. The van der Waals surface area contributed by atoms with Crippen molar-refractivity contribution in [3.63, 3.8) is 0 Å². The van der Waals surface area contributed by atoms with E-state index in [0.717, 1.165) is 18.3 Å². The lowest BCUT2D eigenvalue weighted by atomic mass is 9.56. The summed E-state index contributed by atoms with van der Waals surface area (Å²) in [6.45, 7) is 6.95. The van der Waals surface area contributed by atoms with E-state index < -0.39 is 5.60 Å². The van der Waals surface area contributed by atoms with Gasteiger partial charge in [-0.25, -0.2) is 0 Å². The lowest BCUT2D eigenvalue weighted by molar-refractivity contribution is -0.0901. The second kappa shape index (κ2) is 3.04. The van der Waals surface area contributed by atoms with Gasteiger partial charge in [-0.15, -0.1) is 0 Å². The summed E-state index contributed by atoms with van der Waals surface area (Å²) in [6, 6.07) is 0. The molecule has 0 aliphatic heterocycles. The van der Waals surface area contributed by atoms with E-state index in [2.05, 4.69) is 20.8 Å². The number of hydrogen-bond donors (Lipinski definition) is 1. The van der Waals surface area contributed by atoms with Crippen molar-refractivity contribution in [2.75, 3.05) is 0 Å². The van der Waals surface area contributed by atoms with Crippen LogP contribution in [0.4, 0.5) is 0 Å². The summed E-state index contributed by atoms with van der Waals surface area (Å²) in [7, 11) is 0. The molecule has 5 unspecified atom stereocenters. The molecule has 3 fully saturated rings. The average molecular weight is 222 g/mol. The maximum Gasteiger partial charge on any atom is 0.0678 e. The van der Waals surface area contributed by atoms with Crippen molar-refractivity contribution in [3.05, 3.63) is 0 Å². The first-order valence-electron chi connectivity index (χ1n) is 7.09. The zero-order valence-electron chi connectivity index (χ0n) is 11.1. The van der Waals surface area contributed by atoms with Gasteiger partial charge in [0.25, 0.3) is 0 Å². The average Bonchev–Trinajstić information content (AvgIpc) is 2.32. The molecular formula is C15H26O. The van der Waals surface area contributed by atoms with Crippen molar-refractivity contribution >= 4 is 0 Å². The Morgan fingerprint density at radius 3 is 2.50 bits per heavy atom. The summed E-state index contributed by atoms with van der Waals surface area (Å²) in [6.07, 6.45) is 9.21. The Kier molecular flexibility index (Phi) is 2.11. The first-order chi connectivity index (χ1) is 7.36. The Balaban J connectivity index is 2.01. The lowest BCUT2D eigenvalue weighted by Gasteiger charge is -2.50. The van der Waals surface area contributed by atoms with Crippen LogP contribution in [0.2, 0.25) is 0 Å². The molecular weight excluding hydrogens is 196 g/mol. The van der Waals surface area contributed by atoms with Gasteiger partial charge in [-0.2, -0.15) is 0 Å². The van der Waals surface area contributed by atoms with Crippen LogP contribution in [0.15, 0.2) is 0 Å². The molecule has 0 heterocycles. The monoisotopic (exact) mass is 222 g/mol. The summed E-state index contributed by atoms with van der Waals surface area (Å²) in [4.78, 5) is 0. The summed E-state index contributed by atoms with van der Waals surface area (Å²) >= 11 is 0. The Bertz CT molecular complexity index is 309. The second-order valence-electron chi connectivity index (χ2n) is 7.67. The Hall–Kier alpha value is -0.0400. The smallest absolute Gasteiger partial charge is 0.0678 e. The van der Waals surface area contributed by atoms with Gasteiger partial charge in [-0.3, -0.25) is 0 Å². The highest BCUT2D eigenvalue weighted by Crippen LogP contribution is 2.66. The Labute approximate surface area is 99.6 Å². The van der Waals surface area contributed by atoms with E-state index in [1.807, 2.05) is 0 Å². The third-order valence-corrected chi connectivity index (χ3v) is 6.59.